The highest BCUT2D eigenvalue weighted by atomic mass is 16.3. The third-order valence-corrected chi connectivity index (χ3v) is 3.22. The standard InChI is InChI=1S/C15H11N3O4/c19-11-7-2-1-4-8(11)13(20)16-10-6-3-5-9-12(10)15(22)18-17-14(9)21/h1-7,19H,(H,16,20)(H,17,21)(H,18,22). The minimum atomic E-state index is -0.578. The molecule has 3 aromatic rings. The van der Waals surface area contributed by atoms with E-state index in [-0.39, 0.29) is 27.8 Å². The van der Waals surface area contributed by atoms with Gasteiger partial charge in [0.15, 0.2) is 0 Å². The summed E-state index contributed by atoms with van der Waals surface area (Å²) in [7, 11) is 0. The molecule has 0 radical (unpaired) electrons. The number of benzene rings is 2. The molecule has 1 aromatic heterocycles. The maximum absolute atomic E-state index is 12.2. The Morgan fingerprint density at radius 3 is 2.45 bits per heavy atom. The van der Waals surface area contributed by atoms with Crippen LogP contribution in [0.5, 0.6) is 5.75 Å². The van der Waals surface area contributed by atoms with Gasteiger partial charge in [0.1, 0.15) is 5.75 Å². The fraction of sp³-hybridized carbons (Fsp3) is 0. The molecule has 7 nitrogen and oxygen atoms in total. The molecule has 2 aromatic carbocycles. The molecular formula is C15H11N3O4. The number of para-hydroxylation sites is 1. The quantitative estimate of drug-likeness (QED) is 0.568. The molecule has 0 unspecified atom stereocenters. The van der Waals surface area contributed by atoms with Gasteiger partial charge in [-0.15, -0.1) is 0 Å². The SMILES string of the molecule is O=C(Nc1cccc2c(=O)[nH][nH]c(=O)c12)c1ccccc1O. The molecule has 1 heterocycles. The summed E-state index contributed by atoms with van der Waals surface area (Å²) in [5, 5.41) is 16.9. The van der Waals surface area contributed by atoms with E-state index < -0.39 is 17.0 Å². The van der Waals surface area contributed by atoms with Gasteiger partial charge in [0, 0.05) is 0 Å². The fourth-order valence-corrected chi connectivity index (χ4v) is 2.19. The lowest BCUT2D eigenvalue weighted by molar-refractivity contribution is 0.102. The molecule has 0 aliphatic heterocycles. The van der Waals surface area contributed by atoms with E-state index in [0.29, 0.717) is 0 Å². The van der Waals surface area contributed by atoms with Crippen LogP contribution in [-0.2, 0) is 0 Å². The normalized spacial score (nSPS) is 10.5. The van der Waals surface area contributed by atoms with Crippen LogP contribution in [0.15, 0.2) is 52.1 Å². The van der Waals surface area contributed by atoms with Crippen LogP contribution < -0.4 is 16.4 Å². The summed E-state index contributed by atoms with van der Waals surface area (Å²) in [6, 6.07) is 10.6. The van der Waals surface area contributed by atoms with Crippen LogP contribution in [0.3, 0.4) is 0 Å². The van der Waals surface area contributed by atoms with Gasteiger partial charge in [-0.1, -0.05) is 18.2 Å². The van der Waals surface area contributed by atoms with Crippen molar-refractivity contribution < 1.29 is 9.90 Å². The molecule has 0 atom stereocenters. The Bertz CT molecular complexity index is 988. The Labute approximate surface area is 123 Å². The number of hydrogen-bond donors (Lipinski definition) is 4. The zero-order chi connectivity index (χ0) is 15.7. The molecule has 0 bridgehead atoms. The number of fused-ring (bicyclic) bond motifs is 1. The number of carbonyl (C=O) groups excluding carboxylic acids is 1. The van der Waals surface area contributed by atoms with E-state index in [1.165, 1.54) is 24.3 Å². The van der Waals surface area contributed by atoms with Crippen LogP contribution in [0.1, 0.15) is 10.4 Å². The number of H-pyrrole nitrogens is 2. The summed E-state index contributed by atoms with van der Waals surface area (Å²) in [5.74, 6) is -0.753. The van der Waals surface area contributed by atoms with Crippen molar-refractivity contribution in [2.24, 2.45) is 0 Å². The van der Waals surface area contributed by atoms with E-state index in [2.05, 4.69) is 15.5 Å². The zero-order valence-electron chi connectivity index (χ0n) is 11.2. The number of nitrogens with one attached hydrogen (secondary N) is 3. The fourth-order valence-electron chi connectivity index (χ4n) is 2.19. The van der Waals surface area contributed by atoms with E-state index in [1.807, 2.05) is 0 Å². The highest BCUT2D eigenvalue weighted by molar-refractivity contribution is 6.10. The lowest BCUT2D eigenvalue weighted by Crippen LogP contribution is -2.21. The first-order valence-electron chi connectivity index (χ1n) is 6.41. The number of rotatable bonds is 2. The number of phenols is 1. The first-order chi connectivity index (χ1) is 10.6. The van der Waals surface area contributed by atoms with Crippen LogP contribution in [0.2, 0.25) is 0 Å². The highest BCUT2D eigenvalue weighted by Gasteiger charge is 2.14. The number of aromatic nitrogens is 2. The van der Waals surface area contributed by atoms with Gasteiger partial charge >= 0.3 is 0 Å². The van der Waals surface area contributed by atoms with Crippen molar-refractivity contribution in [3.63, 3.8) is 0 Å². The van der Waals surface area contributed by atoms with Crippen molar-refractivity contribution in [2.45, 2.75) is 0 Å². The minimum absolute atomic E-state index is 0.0702. The van der Waals surface area contributed by atoms with E-state index >= 15 is 0 Å². The second kappa shape index (κ2) is 5.21. The predicted octanol–water partition coefficient (Wildman–Crippen LogP) is 1.17. The summed E-state index contributed by atoms with van der Waals surface area (Å²) >= 11 is 0. The van der Waals surface area contributed by atoms with E-state index in [4.69, 9.17) is 0 Å². The van der Waals surface area contributed by atoms with Crippen molar-refractivity contribution in [2.75, 3.05) is 5.32 Å². The van der Waals surface area contributed by atoms with Crippen molar-refractivity contribution in [3.8, 4) is 5.75 Å². The van der Waals surface area contributed by atoms with Gasteiger partial charge in [-0.05, 0) is 24.3 Å². The Hall–Kier alpha value is -3.35. The summed E-state index contributed by atoms with van der Waals surface area (Å²) in [6.45, 7) is 0. The second-order valence-electron chi connectivity index (χ2n) is 4.61. The third kappa shape index (κ3) is 2.24. The molecule has 0 fully saturated rings. The number of aromatic amines is 2. The number of aromatic hydroxyl groups is 1. The largest absolute Gasteiger partial charge is 0.507 e. The molecule has 110 valence electrons. The Morgan fingerprint density at radius 1 is 0.955 bits per heavy atom. The summed E-state index contributed by atoms with van der Waals surface area (Å²) in [4.78, 5) is 35.8. The maximum Gasteiger partial charge on any atom is 0.272 e. The molecule has 0 saturated heterocycles. The number of carbonyl (C=O) groups is 1. The van der Waals surface area contributed by atoms with Gasteiger partial charge in [-0.25, -0.2) is 0 Å². The van der Waals surface area contributed by atoms with Gasteiger partial charge < -0.3 is 10.4 Å². The van der Waals surface area contributed by atoms with Crippen LogP contribution in [-0.4, -0.2) is 21.2 Å². The molecule has 0 aliphatic rings. The zero-order valence-corrected chi connectivity index (χ0v) is 11.2. The molecule has 4 N–H and O–H groups in total. The molecule has 0 aliphatic carbocycles. The van der Waals surface area contributed by atoms with Crippen molar-refractivity contribution in [1.82, 2.24) is 10.2 Å². The van der Waals surface area contributed by atoms with Gasteiger partial charge in [0.05, 0.1) is 22.0 Å². The summed E-state index contributed by atoms with van der Waals surface area (Å²) in [5.41, 5.74) is -0.727. The molecule has 1 amide bonds. The van der Waals surface area contributed by atoms with Gasteiger partial charge in [-0.3, -0.25) is 24.6 Å². The molecule has 0 spiro atoms. The first-order valence-corrected chi connectivity index (χ1v) is 6.41. The summed E-state index contributed by atoms with van der Waals surface area (Å²) < 4.78 is 0. The Kier molecular flexibility index (Phi) is 3.23. The predicted molar refractivity (Wildman–Crippen MR) is 81.2 cm³/mol. The number of hydrogen-bond acceptors (Lipinski definition) is 4. The van der Waals surface area contributed by atoms with Gasteiger partial charge in [0.2, 0.25) is 0 Å². The van der Waals surface area contributed by atoms with Crippen LogP contribution in [0.25, 0.3) is 10.8 Å². The monoisotopic (exact) mass is 297 g/mol. The number of phenolic OH excluding ortho intramolecular Hbond substituents is 1. The number of amides is 1. The van der Waals surface area contributed by atoms with Crippen molar-refractivity contribution >= 4 is 22.4 Å². The average molecular weight is 297 g/mol. The lowest BCUT2D eigenvalue weighted by atomic mass is 10.1. The molecule has 3 rings (SSSR count). The maximum atomic E-state index is 12.2. The van der Waals surface area contributed by atoms with Crippen LogP contribution in [0, 0.1) is 0 Å². The van der Waals surface area contributed by atoms with Crippen molar-refractivity contribution in [1.29, 1.82) is 0 Å². The minimum Gasteiger partial charge on any atom is -0.507 e. The lowest BCUT2D eigenvalue weighted by Gasteiger charge is -2.08. The summed E-state index contributed by atoms with van der Waals surface area (Å²) in [6.07, 6.45) is 0. The Morgan fingerprint density at radius 2 is 1.68 bits per heavy atom. The molecule has 0 saturated carbocycles. The van der Waals surface area contributed by atoms with Gasteiger partial charge in [-0.2, -0.15) is 0 Å². The second-order valence-corrected chi connectivity index (χ2v) is 4.61. The van der Waals surface area contributed by atoms with E-state index in [1.54, 1.807) is 18.2 Å². The molecule has 7 heteroatoms. The van der Waals surface area contributed by atoms with E-state index in [0.717, 1.165) is 0 Å². The topological polar surface area (TPSA) is 115 Å². The third-order valence-electron chi connectivity index (χ3n) is 3.22. The number of anilines is 1. The average Bonchev–Trinajstić information content (AvgIpc) is 2.51. The molecular weight excluding hydrogens is 286 g/mol. The molecule has 22 heavy (non-hydrogen) atoms. The van der Waals surface area contributed by atoms with Crippen molar-refractivity contribution in [3.05, 3.63) is 68.7 Å². The highest BCUT2D eigenvalue weighted by Crippen LogP contribution is 2.21. The van der Waals surface area contributed by atoms with E-state index in [9.17, 15) is 19.5 Å². The smallest absolute Gasteiger partial charge is 0.272 e. The van der Waals surface area contributed by atoms with Crippen LogP contribution in [0.4, 0.5) is 5.69 Å². The Balaban J connectivity index is 2.11. The van der Waals surface area contributed by atoms with Gasteiger partial charge in [0.25, 0.3) is 17.0 Å². The first kappa shape index (κ1) is 13.6. The van der Waals surface area contributed by atoms with Crippen LogP contribution >= 0.6 is 0 Å².